The third kappa shape index (κ3) is 3.80. The van der Waals surface area contributed by atoms with Gasteiger partial charge in [0.25, 0.3) is 0 Å². The van der Waals surface area contributed by atoms with Crippen molar-refractivity contribution < 1.29 is 4.74 Å². The Morgan fingerprint density at radius 2 is 2.11 bits per heavy atom. The Labute approximate surface area is 116 Å². The highest BCUT2D eigenvalue weighted by molar-refractivity contribution is 7.80. The summed E-state index contributed by atoms with van der Waals surface area (Å²) in [7, 11) is 1.74. The van der Waals surface area contributed by atoms with Crippen molar-refractivity contribution in [2.75, 3.05) is 46.4 Å². The maximum absolute atomic E-state index is 5.45. The number of methoxy groups -OCH3 is 1. The summed E-state index contributed by atoms with van der Waals surface area (Å²) >= 11 is 5.45. The highest BCUT2D eigenvalue weighted by Gasteiger charge is 2.30. The number of likely N-dealkylation sites (tertiary alicyclic amines) is 2. The molecule has 0 aromatic carbocycles. The van der Waals surface area contributed by atoms with Crippen LogP contribution in [0.1, 0.15) is 25.7 Å². The van der Waals surface area contributed by atoms with Gasteiger partial charge in [-0.15, -0.1) is 0 Å². The minimum absolute atomic E-state index is 0.728. The minimum Gasteiger partial charge on any atom is -0.385 e. The number of nitrogens with zero attached hydrogens (tertiary/aromatic N) is 2. The lowest BCUT2D eigenvalue weighted by Gasteiger charge is -2.25. The van der Waals surface area contributed by atoms with E-state index in [1.807, 2.05) is 0 Å². The topological polar surface area (TPSA) is 27.7 Å². The zero-order valence-corrected chi connectivity index (χ0v) is 12.2. The molecule has 2 rings (SSSR count). The Bertz CT molecular complexity index is 269. The van der Waals surface area contributed by atoms with Gasteiger partial charge in [-0.05, 0) is 51.0 Å². The van der Waals surface area contributed by atoms with Gasteiger partial charge in [0.1, 0.15) is 0 Å². The summed E-state index contributed by atoms with van der Waals surface area (Å²) < 4.78 is 5.03. The van der Waals surface area contributed by atoms with Crippen molar-refractivity contribution in [2.45, 2.75) is 31.7 Å². The average molecular weight is 271 g/mol. The van der Waals surface area contributed by atoms with E-state index in [1.54, 1.807) is 7.11 Å². The molecule has 5 heteroatoms. The lowest BCUT2D eigenvalue weighted by Crippen LogP contribution is -2.41. The van der Waals surface area contributed by atoms with Gasteiger partial charge in [0.2, 0.25) is 0 Å². The van der Waals surface area contributed by atoms with E-state index in [4.69, 9.17) is 17.0 Å². The van der Waals surface area contributed by atoms with E-state index < -0.39 is 0 Å². The predicted molar refractivity (Wildman–Crippen MR) is 77.9 cm³/mol. The summed E-state index contributed by atoms with van der Waals surface area (Å²) in [6.07, 6.45) is 5.02. The number of rotatable bonds is 5. The largest absolute Gasteiger partial charge is 0.385 e. The van der Waals surface area contributed by atoms with E-state index in [0.717, 1.165) is 43.8 Å². The smallest absolute Gasteiger partial charge is 0.168 e. The first-order chi connectivity index (χ1) is 8.81. The van der Waals surface area contributed by atoms with Crippen molar-refractivity contribution in [3.05, 3.63) is 0 Å². The molecule has 0 saturated carbocycles. The van der Waals surface area contributed by atoms with Crippen LogP contribution in [0.25, 0.3) is 0 Å². The highest BCUT2D eigenvalue weighted by atomic mass is 32.1. The van der Waals surface area contributed by atoms with E-state index in [1.165, 1.54) is 32.4 Å². The molecule has 18 heavy (non-hydrogen) atoms. The van der Waals surface area contributed by atoms with Gasteiger partial charge in [-0.1, -0.05) is 0 Å². The van der Waals surface area contributed by atoms with Crippen molar-refractivity contribution in [3.63, 3.8) is 0 Å². The Balaban J connectivity index is 1.66. The van der Waals surface area contributed by atoms with Crippen LogP contribution in [0.4, 0.5) is 0 Å². The van der Waals surface area contributed by atoms with Crippen LogP contribution in [-0.4, -0.2) is 67.4 Å². The Hall–Kier alpha value is -0.390. The van der Waals surface area contributed by atoms with Gasteiger partial charge in [0.05, 0.1) is 0 Å². The van der Waals surface area contributed by atoms with E-state index in [9.17, 15) is 0 Å². The van der Waals surface area contributed by atoms with Gasteiger partial charge in [-0.25, -0.2) is 0 Å². The van der Waals surface area contributed by atoms with Crippen LogP contribution >= 0.6 is 12.2 Å². The van der Waals surface area contributed by atoms with E-state index in [0.29, 0.717) is 0 Å². The van der Waals surface area contributed by atoms with Crippen molar-refractivity contribution in [1.82, 2.24) is 15.1 Å². The summed E-state index contributed by atoms with van der Waals surface area (Å²) in [5, 5.41) is 4.25. The second-order valence-electron chi connectivity index (χ2n) is 5.21. The van der Waals surface area contributed by atoms with Crippen molar-refractivity contribution >= 4 is 17.3 Å². The van der Waals surface area contributed by atoms with Crippen LogP contribution in [0.3, 0.4) is 0 Å². The van der Waals surface area contributed by atoms with Crippen LogP contribution in [0.2, 0.25) is 0 Å². The van der Waals surface area contributed by atoms with E-state index >= 15 is 0 Å². The summed E-state index contributed by atoms with van der Waals surface area (Å²) in [6, 6.07) is 0.728. The van der Waals surface area contributed by atoms with Gasteiger partial charge in [0, 0.05) is 39.4 Å². The summed E-state index contributed by atoms with van der Waals surface area (Å²) in [4.78, 5) is 4.96. The van der Waals surface area contributed by atoms with Gasteiger partial charge in [-0.3, -0.25) is 4.90 Å². The molecule has 4 nitrogen and oxygen atoms in total. The number of thiocarbonyl (C=S) groups is 1. The number of ether oxygens (including phenoxy) is 1. The van der Waals surface area contributed by atoms with Crippen molar-refractivity contribution in [1.29, 1.82) is 0 Å². The lowest BCUT2D eigenvalue weighted by atomic mass is 10.2. The zero-order valence-electron chi connectivity index (χ0n) is 11.4. The second-order valence-corrected chi connectivity index (χ2v) is 5.60. The molecular weight excluding hydrogens is 246 g/mol. The van der Waals surface area contributed by atoms with E-state index in [2.05, 4.69) is 15.1 Å². The Kier molecular flexibility index (Phi) is 5.66. The van der Waals surface area contributed by atoms with E-state index in [-0.39, 0.29) is 0 Å². The summed E-state index contributed by atoms with van der Waals surface area (Å²) in [5.41, 5.74) is 0. The molecule has 0 spiro atoms. The monoisotopic (exact) mass is 271 g/mol. The molecule has 1 atom stereocenters. The number of hydrogen-bond donors (Lipinski definition) is 1. The quantitative estimate of drug-likeness (QED) is 0.596. The fourth-order valence-corrected chi connectivity index (χ4v) is 3.12. The molecule has 0 amide bonds. The number of hydrogen-bond acceptors (Lipinski definition) is 3. The predicted octanol–water partition coefficient (Wildman–Crippen LogP) is 1.07. The SMILES string of the molecule is COCCCNC(=S)N1CCC(N2CCCC2)C1. The molecule has 2 fully saturated rings. The van der Waals surface area contributed by atoms with Crippen LogP contribution in [0.15, 0.2) is 0 Å². The lowest BCUT2D eigenvalue weighted by molar-refractivity contribution is 0.195. The molecule has 2 aliphatic rings. The van der Waals surface area contributed by atoms with Crippen LogP contribution in [-0.2, 0) is 4.74 Å². The van der Waals surface area contributed by atoms with Crippen molar-refractivity contribution in [3.8, 4) is 0 Å². The molecule has 1 N–H and O–H groups in total. The third-order valence-electron chi connectivity index (χ3n) is 3.91. The van der Waals surface area contributed by atoms with Crippen molar-refractivity contribution in [2.24, 2.45) is 0 Å². The Morgan fingerprint density at radius 3 is 2.83 bits per heavy atom. The molecule has 0 aromatic rings. The number of nitrogens with one attached hydrogen (secondary N) is 1. The molecule has 104 valence electrons. The average Bonchev–Trinajstić information content (AvgIpc) is 3.03. The molecule has 0 aliphatic carbocycles. The van der Waals surface area contributed by atoms with Crippen LogP contribution in [0.5, 0.6) is 0 Å². The molecule has 2 aliphatic heterocycles. The molecule has 0 bridgehead atoms. The van der Waals surface area contributed by atoms with Crippen LogP contribution in [0, 0.1) is 0 Å². The summed E-state index contributed by atoms with van der Waals surface area (Å²) in [5.74, 6) is 0. The van der Waals surface area contributed by atoms with Gasteiger partial charge in [0.15, 0.2) is 5.11 Å². The molecule has 1 unspecified atom stereocenters. The van der Waals surface area contributed by atoms with Gasteiger partial charge in [-0.2, -0.15) is 0 Å². The maximum atomic E-state index is 5.45. The van der Waals surface area contributed by atoms with Crippen LogP contribution < -0.4 is 5.32 Å². The molecule has 0 aromatic heterocycles. The summed E-state index contributed by atoms with van der Waals surface area (Å²) in [6.45, 7) is 6.50. The molecular formula is C13H25N3OS. The first-order valence-corrected chi connectivity index (χ1v) is 7.48. The molecule has 2 saturated heterocycles. The normalized spacial score (nSPS) is 24.7. The molecule has 2 heterocycles. The van der Waals surface area contributed by atoms with Gasteiger partial charge >= 0.3 is 0 Å². The minimum atomic E-state index is 0.728. The first kappa shape index (κ1) is 14.0. The first-order valence-electron chi connectivity index (χ1n) is 7.07. The Morgan fingerprint density at radius 1 is 1.33 bits per heavy atom. The van der Waals surface area contributed by atoms with Gasteiger partial charge < -0.3 is 15.0 Å². The zero-order chi connectivity index (χ0) is 12.8. The fourth-order valence-electron chi connectivity index (χ4n) is 2.85. The maximum Gasteiger partial charge on any atom is 0.168 e. The second kappa shape index (κ2) is 7.26. The highest BCUT2D eigenvalue weighted by Crippen LogP contribution is 2.20. The standard InChI is InChI=1S/C13H25N3OS/c1-17-10-4-6-14-13(18)16-9-5-12(11-16)15-7-2-3-8-15/h12H,2-11H2,1H3,(H,14,18). The third-order valence-corrected chi connectivity index (χ3v) is 4.31. The fraction of sp³-hybridized carbons (Fsp3) is 0.923. The molecule has 0 radical (unpaired) electrons.